The lowest BCUT2D eigenvalue weighted by Crippen LogP contribution is -2.48. The SMILES string of the molecule is CC(C)N1CCOC(CS(=O)(=O)c2cccc(F)c2)C1. The van der Waals surface area contributed by atoms with Crippen LogP contribution in [0.1, 0.15) is 13.8 Å². The van der Waals surface area contributed by atoms with Crippen molar-refractivity contribution in [1.29, 1.82) is 0 Å². The summed E-state index contributed by atoms with van der Waals surface area (Å²) >= 11 is 0. The van der Waals surface area contributed by atoms with Crippen LogP contribution in [-0.4, -0.2) is 50.9 Å². The Labute approximate surface area is 119 Å². The van der Waals surface area contributed by atoms with Gasteiger partial charge >= 0.3 is 0 Å². The first-order valence-electron chi connectivity index (χ1n) is 6.72. The van der Waals surface area contributed by atoms with E-state index in [0.29, 0.717) is 19.2 Å². The maximum absolute atomic E-state index is 13.1. The predicted octanol–water partition coefficient (Wildman–Crippen LogP) is 1.71. The van der Waals surface area contributed by atoms with Gasteiger partial charge in [-0.3, -0.25) is 4.90 Å². The van der Waals surface area contributed by atoms with Crippen molar-refractivity contribution in [1.82, 2.24) is 4.90 Å². The highest BCUT2D eigenvalue weighted by Crippen LogP contribution is 2.17. The first-order valence-corrected chi connectivity index (χ1v) is 8.37. The number of sulfone groups is 1. The molecule has 1 aliphatic rings. The van der Waals surface area contributed by atoms with Crippen LogP contribution in [0.4, 0.5) is 4.39 Å². The zero-order valence-electron chi connectivity index (χ0n) is 11.8. The minimum Gasteiger partial charge on any atom is -0.374 e. The van der Waals surface area contributed by atoms with Crippen LogP contribution < -0.4 is 0 Å². The van der Waals surface area contributed by atoms with Gasteiger partial charge in [0.1, 0.15) is 5.82 Å². The van der Waals surface area contributed by atoms with Crippen molar-refractivity contribution in [2.24, 2.45) is 0 Å². The topological polar surface area (TPSA) is 46.6 Å². The van der Waals surface area contributed by atoms with Crippen molar-refractivity contribution in [3.63, 3.8) is 0 Å². The van der Waals surface area contributed by atoms with Gasteiger partial charge in [-0.2, -0.15) is 0 Å². The summed E-state index contributed by atoms with van der Waals surface area (Å²) in [5, 5.41) is 0. The average Bonchev–Trinajstić information content (AvgIpc) is 2.38. The Hall–Kier alpha value is -0.980. The van der Waals surface area contributed by atoms with Gasteiger partial charge in [0, 0.05) is 19.1 Å². The fourth-order valence-electron chi connectivity index (χ4n) is 2.31. The van der Waals surface area contributed by atoms with Gasteiger partial charge in [0.15, 0.2) is 9.84 Å². The monoisotopic (exact) mass is 301 g/mol. The molecule has 112 valence electrons. The maximum Gasteiger partial charge on any atom is 0.181 e. The van der Waals surface area contributed by atoms with E-state index in [4.69, 9.17) is 4.74 Å². The van der Waals surface area contributed by atoms with Crippen LogP contribution in [0.25, 0.3) is 0 Å². The van der Waals surface area contributed by atoms with Crippen LogP contribution in [0.5, 0.6) is 0 Å². The Bertz CT molecular complexity index is 559. The van der Waals surface area contributed by atoms with Gasteiger partial charge in [-0.15, -0.1) is 0 Å². The van der Waals surface area contributed by atoms with E-state index in [1.807, 2.05) is 0 Å². The molecule has 4 nitrogen and oxygen atoms in total. The first kappa shape index (κ1) is 15.4. The van der Waals surface area contributed by atoms with E-state index in [2.05, 4.69) is 18.7 Å². The fraction of sp³-hybridized carbons (Fsp3) is 0.571. The van der Waals surface area contributed by atoms with E-state index >= 15 is 0 Å². The van der Waals surface area contributed by atoms with Gasteiger partial charge in [-0.05, 0) is 32.0 Å². The van der Waals surface area contributed by atoms with Crippen LogP contribution in [0.2, 0.25) is 0 Å². The third-order valence-electron chi connectivity index (χ3n) is 3.46. The van der Waals surface area contributed by atoms with Gasteiger partial charge in [0.25, 0.3) is 0 Å². The molecule has 0 aliphatic carbocycles. The number of hydrogen-bond donors (Lipinski definition) is 0. The zero-order valence-corrected chi connectivity index (χ0v) is 12.6. The quantitative estimate of drug-likeness (QED) is 0.849. The molecule has 1 saturated heterocycles. The number of benzene rings is 1. The second-order valence-corrected chi connectivity index (χ2v) is 7.35. The lowest BCUT2D eigenvalue weighted by atomic mass is 10.2. The van der Waals surface area contributed by atoms with Gasteiger partial charge in [-0.25, -0.2) is 12.8 Å². The minimum absolute atomic E-state index is 0.0165. The summed E-state index contributed by atoms with van der Waals surface area (Å²) in [7, 11) is -3.52. The molecule has 0 spiro atoms. The van der Waals surface area contributed by atoms with Crippen molar-refractivity contribution in [2.75, 3.05) is 25.4 Å². The van der Waals surface area contributed by atoms with Crippen molar-refractivity contribution in [2.45, 2.75) is 30.9 Å². The standard InChI is InChI=1S/C14H20FNO3S/c1-11(2)16-6-7-19-13(9-16)10-20(17,18)14-5-3-4-12(15)8-14/h3-5,8,11,13H,6-7,9-10H2,1-2H3. The molecule has 0 radical (unpaired) electrons. The number of rotatable bonds is 4. The lowest BCUT2D eigenvalue weighted by molar-refractivity contribution is -0.0272. The fourth-order valence-corrected chi connectivity index (χ4v) is 3.78. The summed E-state index contributed by atoms with van der Waals surface area (Å²) in [4.78, 5) is 2.21. The second-order valence-electron chi connectivity index (χ2n) is 5.32. The van der Waals surface area contributed by atoms with Crippen LogP contribution in [0.3, 0.4) is 0 Å². The Morgan fingerprint density at radius 1 is 1.45 bits per heavy atom. The highest BCUT2D eigenvalue weighted by atomic mass is 32.2. The molecule has 6 heteroatoms. The van der Waals surface area contributed by atoms with E-state index in [1.165, 1.54) is 18.2 Å². The minimum atomic E-state index is -3.52. The molecule has 1 aromatic carbocycles. The summed E-state index contributed by atoms with van der Waals surface area (Å²) in [6.07, 6.45) is -0.362. The van der Waals surface area contributed by atoms with E-state index in [1.54, 1.807) is 0 Å². The van der Waals surface area contributed by atoms with E-state index in [0.717, 1.165) is 12.6 Å². The van der Waals surface area contributed by atoms with E-state index in [-0.39, 0.29) is 16.8 Å². The van der Waals surface area contributed by atoms with Gasteiger partial charge in [0.05, 0.1) is 23.4 Å². The molecular formula is C14H20FNO3S. The van der Waals surface area contributed by atoms with Gasteiger partial charge < -0.3 is 4.74 Å². The van der Waals surface area contributed by atoms with E-state index in [9.17, 15) is 12.8 Å². The average molecular weight is 301 g/mol. The normalized spacial score (nSPS) is 21.3. The van der Waals surface area contributed by atoms with Crippen molar-refractivity contribution >= 4 is 9.84 Å². The molecule has 1 atom stereocenters. The molecule has 0 aromatic heterocycles. The number of halogens is 1. The smallest absolute Gasteiger partial charge is 0.181 e. The molecule has 20 heavy (non-hydrogen) atoms. The van der Waals surface area contributed by atoms with Crippen LogP contribution in [0.15, 0.2) is 29.2 Å². The van der Waals surface area contributed by atoms with Crippen molar-refractivity contribution < 1.29 is 17.5 Å². The number of morpholine rings is 1. The van der Waals surface area contributed by atoms with Crippen LogP contribution in [-0.2, 0) is 14.6 Å². The first-order chi connectivity index (χ1) is 9.38. The van der Waals surface area contributed by atoms with Gasteiger partial charge in [-0.1, -0.05) is 6.07 Å². The Balaban J connectivity index is 2.08. The number of ether oxygens (including phenoxy) is 1. The molecule has 1 heterocycles. The lowest BCUT2D eigenvalue weighted by Gasteiger charge is -2.35. The van der Waals surface area contributed by atoms with Crippen molar-refractivity contribution in [3.8, 4) is 0 Å². The third kappa shape index (κ3) is 3.77. The Morgan fingerprint density at radius 2 is 2.20 bits per heavy atom. The molecule has 0 bridgehead atoms. The molecule has 0 N–H and O–H groups in total. The highest BCUT2D eigenvalue weighted by Gasteiger charge is 2.28. The molecule has 1 aliphatic heterocycles. The third-order valence-corrected chi connectivity index (χ3v) is 5.24. The summed E-state index contributed by atoms with van der Waals surface area (Å²) < 4.78 is 43.2. The molecule has 1 unspecified atom stereocenters. The molecule has 0 saturated carbocycles. The maximum atomic E-state index is 13.1. The predicted molar refractivity (Wildman–Crippen MR) is 74.9 cm³/mol. The largest absolute Gasteiger partial charge is 0.374 e. The summed E-state index contributed by atoms with van der Waals surface area (Å²) in [5.74, 6) is -0.654. The van der Waals surface area contributed by atoms with Crippen LogP contribution in [0, 0.1) is 5.82 Å². The highest BCUT2D eigenvalue weighted by molar-refractivity contribution is 7.91. The molecule has 1 aromatic rings. The molecular weight excluding hydrogens is 281 g/mol. The molecule has 1 fully saturated rings. The van der Waals surface area contributed by atoms with Gasteiger partial charge in [0.2, 0.25) is 0 Å². The molecule has 0 amide bonds. The summed E-state index contributed by atoms with van der Waals surface area (Å²) in [5.41, 5.74) is 0. The Kier molecular flexibility index (Phi) is 4.78. The number of nitrogens with zero attached hydrogens (tertiary/aromatic N) is 1. The second kappa shape index (κ2) is 6.20. The zero-order chi connectivity index (χ0) is 14.8. The summed E-state index contributed by atoms with van der Waals surface area (Å²) in [6, 6.07) is 5.47. The Morgan fingerprint density at radius 3 is 2.85 bits per heavy atom. The van der Waals surface area contributed by atoms with Crippen molar-refractivity contribution in [3.05, 3.63) is 30.1 Å². The number of hydrogen-bond acceptors (Lipinski definition) is 4. The van der Waals surface area contributed by atoms with E-state index < -0.39 is 15.7 Å². The summed E-state index contributed by atoms with van der Waals surface area (Å²) in [6.45, 7) is 6.08. The molecule has 2 rings (SSSR count). The van der Waals surface area contributed by atoms with Crippen LogP contribution >= 0.6 is 0 Å².